The summed E-state index contributed by atoms with van der Waals surface area (Å²) in [6, 6.07) is 8.80. The Morgan fingerprint density at radius 3 is 2.97 bits per heavy atom. The molecule has 0 bridgehead atoms. The molecule has 0 N–H and O–H groups in total. The summed E-state index contributed by atoms with van der Waals surface area (Å²) in [6.07, 6.45) is 5.27. The summed E-state index contributed by atoms with van der Waals surface area (Å²) in [5, 5.41) is 0. The number of ether oxygens (including phenoxy) is 2. The molecule has 5 heterocycles. The van der Waals surface area contributed by atoms with E-state index in [2.05, 4.69) is 26.8 Å². The maximum Gasteiger partial charge on any atom is 0.218 e. The van der Waals surface area contributed by atoms with Crippen molar-refractivity contribution < 1.29 is 13.9 Å². The number of pyridine rings is 2. The number of rotatable bonds is 5. The van der Waals surface area contributed by atoms with Crippen molar-refractivity contribution in [3.05, 3.63) is 59.9 Å². The van der Waals surface area contributed by atoms with E-state index in [0.717, 1.165) is 36.4 Å². The number of fused-ring (bicyclic) bond motifs is 1. The van der Waals surface area contributed by atoms with Gasteiger partial charge in [0.25, 0.3) is 0 Å². The van der Waals surface area contributed by atoms with Crippen molar-refractivity contribution in [1.82, 2.24) is 19.9 Å². The van der Waals surface area contributed by atoms with Gasteiger partial charge in [0.05, 0.1) is 24.9 Å². The van der Waals surface area contributed by atoms with Crippen molar-refractivity contribution in [3.63, 3.8) is 0 Å². The lowest BCUT2D eigenvalue weighted by Gasteiger charge is -2.35. The van der Waals surface area contributed by atoms with E-state index < -0.39 is 5.95 Å². The Balaban J connectivity index is 1.36. The number of hydrogen-bond donors (Lipinski definition) is 0. The highest BCUT2D eigenvalue weighted by Crippen LogP contribution is 2.34. The van der Waals surface area contributed by atoms with E-state index in [4.69, 9.17) is 14.5 Å². The number of hydrogen-bond acceptors (Lipinski definition) is 7. The first-order valence-electron chi connectivity index (χ1n) is 10.6. The molecule has 3 aromatic heterocycles. The van der Waals surface area contributed by atoms with Gasteiger partial charge in [0.1, 0.15) is 17.3 Å². The topological polar surface area (TPSA) is 73.3 Å². The van der Waals surface area contributed by atoms with E-state index in [1.165, 1.54) is 6.07 Å². The van der Waals surface area contributed by atoms with Crippen LogP contribution in [0.5, 0.6) is 5.75 Å². The summed E-state index contributed by atoms with van der Waals surface area (Å²) in [4.78, 5) is 19.8. The summed E-state index contributed by atoms with van der Waals surface area (Å²) >= 11 is 0. The molecule has 1 fully saturated rings. The highest BCUT2D eigenvalue weighted by molar-refractivity contribution is 5.52. The second kappa shape index (κ2) is 8.55. The maximum atomic E-state index is 14.3. The Hall–Kier alpha value is -3.13. The van der Waals surface area contributed by atoms with Gasteiger partial charge in [0, 0.05) is 55.6 Å². The van der Waals surface area contributed by atoms with Crippen LogP contribution in [0, 0.1) is 11.9 Å². The molecule has 0 aliphatic carbocycles. The predicted octanol–water partition coefficient (Wildman–Crippen LogP) is 3.61. The number of aromatic nitrogens is 4. The molecule has 2 aliphatic heterocycles. The van der Waals surface area contributed by atoms with Crippen LogP contribution < -0.4 is 9.64 Å². The SMILES string of the molecule is CC1c2cnc(-c3ccccn3)nc2CCN1c1cc(OCC2CCOC2)cc(F)n1. The lowest BCUT2D eigenvalue weighted by Crippen LogP contribution is -2.35. The quantitative estimate of drug-likeness (QED) is 0.583. The van der Waals surface area contributed by atoms with Gasteiger partial charge in [0.2, 0.25) is 5.95 Å². The Morgan fingerprint density at radius 2 is 2.16 bits per heavy atom. The molecule has 2 atom stereocenters. The minimum atomic E-state index is -0.546. The maximum absolute atomic E-state index is 14.3. The lowest BCUT2D eigenvalue weighted by molar-refractivity contribution is 0.167. The third-order valence-electron chi connectivity index (χ3n) is 5.86. The number of halogens is 1. The Morgan fingerprint density at radius 1 is 1.23 bits per heavy atom. The first kappa shape index (κ1) is 19.8. The molecule has 0 aromatic carbocycles. The van der Waals surface area contributed by atoms with Crippen LogP contribution in [0.2, 0.25) is 0 Å². The molecule has 5 rings (SSSR count). The van der Waals surface area contributed by atoms with Gasteiger partial charge < -0.3 is 14.4 Å². The van der Waals surface area contributed by atoms with Gasteiger partial charge >= 0.3 is 0 Å². The van der Waals surface area contributed by atoms with E-state index in [9.17, 15) is 4.39 Å². The van der Waals surface area contributed by atoms with Gasteiger partial charge in [-0.05, 0) is 25.5 Å². The number of nitrogens with zero attached hydrogens (tertiary/aromatic N) is 5. The molecule has 2 unspecified atom stereocenters. The highest BCUT2D eigenvalue weighted by Gasteiger charge is 2.28. The molecule has 0 saturated carbocycles. The zero-order valence-electron chi connectivity index (χ0n) is 17.4. The molecule has 7 nitrogen and oxygen atoms in total. The molecular weight excluding hydrogens is 397 g/mol. The van der Waals surface area contributed by atoms with Crippen LogP contribution in [0.1, 0.15) is 30.6 Å². The Labute approximate surface area is 180 Å². The fourth-order valence-corrected chi connectivity index (χ4v) is 4.11. The standard InChI is InChI=1S/C23H24FN5O2/c1-15-18-12-26-23(20-4-2-3-7-25-20)27-19(18)5-8-29(15)22-11-17(10-21(24)28-22)31-14-16-6-9-30-13-16/h2-4,7,10-12,15-16H,5-6,8-9,13-14H2,1H3. The monoisotopic (exact) mass is 421 g/mol. The molecular formula is C23H24FN5O2. The molecule has 0 spiro atoms. The molecule has 0 radical (unpaired) electrons. The third kappa shape index (κ3) is 4.20. The van der Waals surface area contributed by atoms with Crippen molar-refractivity contribution in [2.45, 2.75) is 25.8 Å². The zero-order valence-corrected chi connectivity index (χ0v) is 17.4. The van der Waals surface area contributed by atoms with Crippen molar-refractivity contribution in [3.8, 4) is 17.3 Å². The van der Waals surface area contributed by atoms with E-state index in [-0.39, 0.29) is 6.04 Å². The Bertz CT molecular complexity index is 1060. The zero-order chi connectivity index (χ0) is 21.2. The third-order valence-corrected chi connectivity index (χ3v) is 5.86. The van der Waals surface area contributed by atoms with E-state index in [1.54, 1.807) is 6.20 Å². The largest absolute Gasteiger partial charge is 0.493 e. The van der Waals surface area contributed by atoms with Crippen LogP contribution in [0.25, 0.3) is 11.5 Å². The second-order valence-electron chi connectivity index (χ2n) is 7.95. The van der Waals surface area contributed by atoms with Gasteiger partial charge in [-0.25, -0.2) is 15.0 Å². The van der Waals surface area contributed by atoms with E-state index in [0.29, 0.717) is 43.1 Å². The van der Waals surface area contributed by atoms with Crippen LogP contribution in [-0.4, -0.2) is 46.3 Å². The number of anilines is 1. The predicted molar refractivity (Wildman–Crippen MR) is 113 cm³/mol. The molecule has 2 aliphatic rings. The highest BCUT2D eigenvalue weighted by atomic mass is 19.1. The second-order valence-corrected chi connectivity index (χ2v) is 7.95. The van der Waals surface area contributed by atoms with Crippen molar-refractivity contribution in [2.24, 2.45) is 5.92 Å². The van der Waals surface area contributed by atoms with Gasteiger partial charge in [-0.15, -0.1) is 0 Å². The van der Waals surface area contributed by atoms with Crippen molar-refractivity contribution in [2.75, 3.05) is 31.3 Å². The summed E-state index contributed by atoms with van der Waals surface area (Å²) in [5.41, 5.74) is 2.76. The Kier molecular flexibility index (Phi) is 5.46. The van der Waals surface area contributed by atoms with E-state index >= 15 is 0 Å². The fraction of sp³-hybridized carbons (Fsp3) is 0.391. The summed E-state index contributed by atoms with van der Waals surface area (Å²) < 4.78 is 25.5. The summed E-state index contributed by atoms with van der Waals surface area (Å²) in [5.74, 6) is 1.48. The molecule has 3 aromatic rings. The van der Waals surface area contributed by atoms with Crippen molar-refractivity contribution in [1.29, 1.82) is 0 Å². The molecule has 160 valence electrons. The van der Waals surface area contributed by atoms with Gasteiger partial charge in [-0.1, -0.05) is 6.07 Å². The molecule has 1 saturated heterocycles. The summed E-state index contributed by atoms with van der Waals surface area (Å²) in [7, 11) is 0. The van der Waals surface area contributed by atoms with E-state index in [1.807, 2.05) is 30.5 Å². The smallest absolute Gasteiger partial charge is 0.218 e. The normalized spacial score (nSPS) is 20.5. The van der Waals surface area contributed by atoms with Crippen LogP contribution in [0.15, 0.2) is 42.7 Å². The van der Waals surface area contributed by atoms with Crippen LogP contribution in [0.3, 0.4) is 0 Å². The minimum absolute atomic E-state index is 0.0353. The van der Waals surface area contributed by atoms with Crippen LogP contribution in [0.4, 0.5) is 10.2 Å². The average Bonchev–Trinajstić information content (AvgIpc) is 3.32. The molecule has 0 amide bonds. The van der Waals surface area contributed by atoms with Gasteiger partial charge in [-0.2, -0.15) is 4.39 Å². The van der Waals surface area contributed by atoms with Gasteiger partial charge in [-0.3, -0.25) is 4.98 Å². The molecule has 31 heavy (non-hydrogen) atoms. The van der Waals surface area contributed by atoms with Crippen LogP contribution >= 0.6 is 0 Å². The average molecular weight is 421 g/mol. The fourth-order valence-electron chi connectivity index (χ4n) is 4.11. The summed E-state index contributed by atoms with van der Waals surface area (Å²) in [6.45, 7) is 4.72. The first-order valence-corrected chi connectivity index (χ1v) is 10.6. The van der Waals surface area contributed by atoms with Crippen LogP contribution in [-0.2, 0) is 11.2 Å². The lowest BCUT2D eigenvalue weighted by atomic mass is 9.99. The first-order chi connectivity index (χ1) is 15.2. The van der Waals surface area contributed by atoms with Gasteiger partial charge in [0.15, 0.2) is 5.82 Å². The van der Waals surface area contributed by atoms with Crippen molar-refractivity contribution >= 4 is 5.82 Å². The molecule has 8 heteroatoms. The minimum Gasteiger partial charge on any atom is -0.493 e.